The predicted octanol–water partition coefficient (Wildman–Crippen LogP) is 2.84. The Hall–Kier alpha value is -2.10. The number of carbonyl (C=O) groups is 1. The Morgan fingerprint density at radius 3 is 2.89 bits per heavy atom. The number of hydrogen-bond acceptors (Lipinski definition) is 4. The quantitative estimate of drug-likeness (QED) is 0.840. The number of rotatable bonds is 4. The zero-order chi connectivity index (χ0) is 13.0. The zero-order valence-corrected chi connectivity index (χ0v) is 10.6. The number of nitrogens with one attached hydrogen (secondary N) is 1. The summed E-state index contributed by atoms with van der Waals surface area (Å²) in [5.74, 6) is -0.333. The van der Waals surface area contributed by atoms with E-state index in [0.29, 0.717) is 12.2 Å². The second kappa shape index (κ2) is 5.49. The van der Waals surface area contributed by atoms with Gasteiger partial charge in [0.15, 0.2) is 0 Å². The van der Waals surface area contributed by atoms with E-state index in [0.717, 1.165) is 23.1 Å². The zero-order valence-electron chi connectivity index (χ0n) is 10.6. The summed E-state index contributed by atoms with van der Waals surface area (Å²) in [6.07, 6.45) is 1.55. The van der Waals surface area contributed by atoms with Gasteiger partial charge in [-0.05, 0) is 38.1 Å². The van der Waals surface area contributed by atoms with Crippen molar-refractivity contribution in [1.82, 2.24) is 4.98 Å². The van der Waals surface area contributed by atoms with Crippen molar-refractivity contribution in [2.45, 2.75) is 13.8 Å². The summed E-state index contributed by atoms with van der Waals surface area (Å²) in [4.78, 5) is 15.9. The van der Waals surface area contributed by atoms with Crippen molar-refractivity contribution in [2.24, 2.45) is 0 Å². The first-order valence-corrected chi connectivity index (χ1v) is 6.05. The van der Waals surface area contributed by atoms with Crippen LogP contribution in [0.25, 0.3) is 10.9 Å². The summed E-state index contributed by atoms with van der Waals surface area (Å²) >= 11 is 0. The molecule has 0 spiro atoms. The van der Waals surface area contributed by atoms with Crippen LogP contribution >= 0.6 is 0 Å². The number of fused-ring (bicyclic) bond motifs is 1. The minimum atomic E-state index is -0.333. The highest BCUT2D eigenvalue weighted by molar-refractivity contribution is 5.94. The third-order valence-electron chi connectivity index (χ3n) is 2.57. The molecule has 0 bridgehead atoms. The van der Waals surface area contributed by atoms with Crippen LogP contribution in [0.1, 0.15) is 24.2 Å². The summed E-state index contributed by atoms with van der Waals surface area (Å²) in [6, 6.07) is 7.70. The van der Waals surface area contributed by atoms with Crippen LogP contribution in [0.5, 0.6) is 0 Å². The summed E-state index contributed by atoms with van der Waals surface area (Å²) < 4.78 is 4.96. The molecule has 1 heterocycles. The van der Waals surface area contributed by atoms with Gasteiger partial charge in [-0.3, -0.25) is 4.98 Å². The first-order chi connectivity index (χ1) is 8.74. The minimum Gasteiger partial charge on any atom is -0.462 e. The van der Waals surface area contributed by atoms with Gasteiger partial charge >= 0.3 is 5.97 Å². The lowest BCUT2D eigenvalue weighted by molar-refractivity contribution is 0.0526. The average Bonchev–Trinajstić information content (AvgIpc) is 2.38. The lowest BCUT2D eigenvalue weighted by atomic mass is 10.1. The van der Waals surface area contributed by atoms with Crippen LogP contribution in [-0.4, -0.2) is 24.1 Å². The van der Waals surface area contributed by atoms with Crippen LogP contribution in [0.2, 0.25) is 0 Å². The predicted molar refractivity (Wildman–Crippen MR) is 71.9 cm³/mol. The minimum absolute atomic E-state index is 0.333. The van der Waals surface area contributed by atoms with Gasteiger partial charge < -0.3 is 10.1 Å². The molecule has 0 unspecified atom stereocenters. The van der Waals surface area contributed by atoms with Crippen molar-refractivity contribution >= 4 is 22.6 Å². The largest absolute Gasteiger partial charge is 0.462 e. The van der Waals surface area contributed by atoms with Crippen LogP contribution < -0.4 is 5.32 Å². The van der Waals surface area contributed by atoms with Crippen molar-refractivity contribution in [3.05, 3.63) is 36.0 Å². The molecule has 94 valence electrons. The lowest BCUT2D eigenvalue weighted by Gasteiger charge is -2.06. The van der Waals surface area contributed by atoms with Gasteiger partial charge in [-0.1, -0.05) is 0 Å². The Labute approximate surface area is 106 Å². The molecule has 0 saturated carbocycles. The van der Waals surface area contributed by atoms with Crippen molar-refractivity contribution < 1.29 is 9.53 Å². The molecule has 0 saturated heterocycles. The van der Waals surface area contributed by atoms with Gasteiger partial charge in [-0.15, -0.1) is 0 Å². The van der Waals surface area contributed by atoms with Crippen LogP contribution in [0, 0.1) is 0 Å². The third-order valence-corrected chi connectivity index (χ3v) is 2.57. The van der Waals surface area contributed by atoms with E-state index in [4.69, 9.17) is 4.74 Å². The molecule has 1 aromatic carbocycles. The molecule has 2 rings (SSSR count). The molecular weight excluding hydrogens is 228 g/mol. The molecule has 1 N–H and O–H groups in total. The number of carbonyl (C=O) groups excluding carboxylic acids is 1. The van der Waals surface area contributed by atoms with Crippen LogP contribution in [0.3, 0.4) is 0 Å². The van der Waals surface area contributed by atoms with E-state index < -0.39 is 0 Å². The number of hydrogen-bond donors (Lipinski definition) is 1. The Kier molecular flexibility index (Phi) is 3.77. The maximum Gasteiger partial charge on any atom is 0.339 e. The van der Waals surface area contributed by atoms with Gasteiger partial charge in [0.2, 0.25) is 0 Å². The summed E-state index contributed by atoms with van der Waals surface area (Å²) in [5.41, 5.74) is 2.37. The first kappa shape index (κ1) is 12.4. The Morgan fingerprint density at radius 1 is 1.33 bits per heavy atom. The van der Waals surface area contributed by atoms with E-state index in [9.17, 15) is 4.79 Å². The van der Waals surface area contributed by atoms with Crippen molar-refractivity contribution in [3.8, 4) is 0 Å². The van der Waals surface area contributed by atoms with Crippen LogP contribution in [-0.2, 0) is 4.74 Å². The van der Waals surface area contributed by atoms with Gasteiger partial charge in [-0.25, -0.2) is 4.79 Å². The standard InChI is InChI=1S/C14H16N2O2/c1-3-15-12-5-6-13-10(8-12)7-11(9-16-13)14(17)18-4-2/h5-9,15H,3-4H2,1-2H3. The fraction of sp³-hybridized carbons (Fsp3) is 0.286. The summed E-state index contributed by atoms with van der Waals surface area (Å²) in [5, 5.41) is 4.16. The van der Waals surface area contributed by atoms with Crippen molar-refractivity contribution in [1.29, 1.82) is 0 Å². The molecule has 0 fully saturated rings. The fourth-order valence-corrected chi connectivity index (χ4v) is 1.77. The number of pyridine rings is 1. The monoisotopic (exact) mass is 244 g/mol. The molecular formula is C14H16N2O2. The summed E-state index contributed by atoms with van der Waals surface area (Å²) in [7, 11) is 0. The molecule has 1 aromatic heterocycles. The van der Waals surface area contributed by atoms with E-state index in [1.807, 2.05) is 25.1 Å². The topological polar surface area (TPSA) is 51.2 Å². The second-order valence-electron chi connectivity index (χ2n) is 3.88. The molecule has 0 amide bonds. The smallest absolute Gasteiger partial charge is 0.339 e. The molecule has 2 aromatic rings. The van der Waals surface area contributed by atoms with Gasteiger partial charge in [-0.2, -0.15) is 0 Å². The molecule has 0 aliphatic heterocycles. The van der Waals surface area contributed by atoms with Crippen LogP contribution in [0.4, 0.5) is 5.69 Å². The normalized spacial score (nSPS) is 10.3. The van der Waals surface area contributed by atoms with E-state index in [-0.39, 0.29) is 5.97 Å². The van der Waals surface area contributed by atoms with Crippen LogP contribution in [0.15, 0.2) is 30.5 Å². The van der Waals surface area contributed by atoms with Gasteiger partial charge in [0.25, 0.3) is 0 Å². The Morgan fingerprint density at radius 2 is 2.17 bits per heavy atom. The maximum absolute atomic E-state index is 11.6. The van der Waals surface area contributed by atoms with Crippen molar-refractivity contribution in [3.63, 3.8) is 0 Å². The highest BCUT2D eigenvalue weighted by Crippen LogP contribution is 2.19. The molecule has 0 radical (unpaired) electrons. The number of esters is 1. The third kappa shape index (κ3) is 2.59. The molecule has 4 nitrogen and oxygen atoms in total. The molecule has 4 heteroatoms. The number of ether oxygens (including phenoxy) is 1. The molecule has 18 heavy (non-hydrogen) atoms. The average molecular weight is 244 g/mol. The molecule has 0 atom stereocenters. The van der Waals surface area contributed by atoms with Gasteiger partial charge in [0.05, 0.1) is 17.7 Å². The van der Waals surface area contributed by atoms with Gasteiger partial charge in [0, 0.05) is 23.8 Å². The number of anilines is 1. The highest BCUT2D eigenvalue weighted by atomic mass is 16.5. The second-order valence-corrected chi connectivity index (χ2v) is 3.88. The van der Waals surface area contributed by atoms with Crippen molar-refractivity contribution in [2.75, 3.05) is 18.5 Å². The van der Waals surface area contributed by atoms with E-state index in [2.05, 4.69) is 10.3 Å². The Balaban J connectivity index is 2.38. The number of nitrogens with zero attached hydrogens (tertiary/aromatic N) is 1. The SMILES string of the molecule is CCNc1ccc2ncc(C(=O)OCC)cc2c1. The van der Waals surface area contributed by atoms with E-state index >= 15 is 0 Å². The fourth-order valence-electron chi connectivity index (χ4n) is 1.77. The summed E-state index contributed by atoms with van der Waals surface area (Å²) in [6.45, 7) is 5.05. The molecule has 0 aliphatic carbocycles. The van der Waals surface area contributed by atoms with Gasteiger partial charge in [0.1, 0.15) is 0 Å². The van der Waals surface area contributed by atoms with E-state index in [1.165, 1.54) is 0 Å². The maximum atomic E-state index is 11.6. The van der Waals surface area contributed by atoms with E-state index in [1.54, 1.807) is 19.2 Å². The highest BCUT2D eigenvalue weighted by Gasteiger charge is 2.08. The first-order valence-electron chi connectivity index (χ1n) is 6.05. The molecule has 0 aliphatic rings. The number of aromatic nitrogens is 1. The number of benzene rings is 1. The lowest BCUT2D eigenvalue weighted by Crippen LogP contribution is -2.05. The Bertz CT molecular complexity index is 567.